The molecule has 0 radical (unpaired) electrons. The maximum absolute atomic E-state index is 11.1. The molecule has 0 rings (SSSR count). The fourth-order valence-electron chi connectivity index (χ4n) is 0.829. The first kappa shape index (κ1) is 12.9. The Morgan fingerprint density at radius 3 is 2.07 bits per heavy atom. The number of carbonyl (C=O) groups is 2. The molecule has 0 aliphatic carbocycles. The van der Waals surface area contributed by atoms with Crippen molar-refractivity contribution in [2.75, 3.05) is 0 Å². The van der Waals surface area contributed by atoms with Gasteiger partial charge in [-0.1, -0.05) is 0 Å². The Labute approximate surface area is 83.5 Å². The Balaban J connectivity index is 3.60. The number of carbonyl (C=O) groups excluding carboxylic acids is 2. The molecule has 0 atom stereocenters. The van der Waals surface area contributed by atoms with Crippen molar-refractivity contribution in [1.29, 1.82) is 0 Å². The molecule has 0 aliphatic heterocycles. The molecule has 2 N–H and O–H groups in total. The van der Waals surface area contributed by atoms with Crippen molar-refractivity contribution in [3.05, 3.63) is 0 Å². The zero-order valence-corrected chi connectivity index (χ0v) is 8.83. The SMILES string of the molecule is CC(C)(C)OC(=O)CCCC(=O)ON. The number of esters is 1. The summed E-state index contributed by atoms with van der Waals surface area (Å²) in [6.07, 6.45) is 0.729. The van der Waals surface area contributed by atoms with Gasteiger partial charge < -0.3 is 9.57 Å². The van der Waals surface area contributed by atoms with Crippen LogP contribution in [-0.2, 0) is 19.2 Å². The zero-order chi connectivity index (χ0) is 11.2. The molecule has 0 amide bonds. The molecule has 0 fully saturated rings. The van der Waals surface area contributed by atoms with Gasteiger partial charge in [-0.05, 0) is 27.2 Å². The van der Waals surface area contributed by atoms with Crippen molar-refractivity contribution in [2.24, 2.45) is 5.90 Å². The van der Waals surface area contributed by atoms with E-state index in [0.29, 0.717) is 6.42 Å². The average Bonchev–Trinajstić information content (AvgIpc) is 2.00. The molecule has 0 heterocycles. The summed E-state index contributed by atoms with van der Waals surface area (Å²) < 4.78 is 5.03. The standard InChI is InChI=1S/C9H17NO4/c1-9(2,3)13-7(11)5-4-6-8(12)14-10/h4-6,10H2,1-3H3. The molecule has 0 aromatic carbocycles. The molecule has 14 heavy (non-hydrogen) atoms. The topological polar surface area (TPSA) is 78.6 Å². The molecule has 0 saturated carbocycles. The third-order valence-corrected chi connectivity index (χ3v) is 1.31. The number of hydrogen-bond acceptors (Lipinski definition) is 5. The van der Waals surface area contributed by atoms with Gasteiger partial charge in [-0.2, -0.15) is 5.90 Å². The third kappa shape index (κ3) is 7.54. The molecule has 0 aromatic rings. The third-order valence-electron chi connectivity index (χ3n) is 1.31. The van der Waals surface area contributed by atoms with Gasteiger partial charge in [0.05, 0.1) is 0 Å². The van der Waals surface area contributed by atoms with Crippen LogP contribution in [0.3, 0.4) is 0 Å². The van der Waals surface area contributed by atoms with E-state index in [2.05, 4.69) is 10.7 Å². The van der Waals surface area contributed by atoms with Crippen LogP contribution in [0.25, 0.3) is 0 Å². The van der Waals surface area contributed by atoms with Gasteiger partial charge in [-0.3, -0.25) is 9.59 Å². The van der Waals surface area contributed by atoms with E-state index in [0.717, 1.165) is 0 Å². The maximum Gasteiger partial charge on any atom is 0.324 e. The van der Waals surface area contributed by atoms with E-state index < -0.39 is 11.6 Å². The first-order chi connectivity index (χ1) is 6.35. The van der Waals surface area contributed by atoms with Gasteiger partial charge in [0.15, 0.2) is 0 Å². The summed E-state index contributed by atoms with van der Waals surface area (Å²) >= 11 is 0. The molecule has 0 aromatic heterocycles. The van der Waals surface area contributed by atoms with E-state index in [9.17, 15) is 9.59 Å². The second kappa shape index (κ2) is 5.59. The van der Waals surface area contributed by atoms with Crippen molar-refractivity contribution in [3.63, 3.8) is 0 Å². The molecule has 0 bridgehead atoms. The minimum Gasteiger partial charge on any atom is -0.460 e. The number of ether oxygens (including phenoxy) is 1. The lowest BCUT2D eigenvalue weighted by atomic mass is 10.2. The van der Waals surface area contributed by atoms with Crippen molar-refractivity contribution in [3.8, 4) is 0 Å². The molecule has 5 heteroatoms. The largest absolute Gasteiger partial charge is 0.460 e. The van der Waals surface area contributed by atoms with E-state index >= 15 is 0 Å². The molecular formula is C9H17NO4. The van der Waals surface area contributed by atoms with Crippen LogP contribution in [0, 0.1) is 0 Å². The van der Waals surface area contributed by atoms with Crippen molar-refractivity contribution in [1.82, 2.24) is 0 Å². The molecule has 0 aliphatic rings. The Hall–Kier alpha value is -1.10. The second-order valence-electron chi connectivity index (χ2n) is 3.93. The normalized spacial score (nSPS) is 10.9. The number of hydrogen-bond donors (Lipinski definition) is 1. The highest BCUT2D eigenvalue weighted by atomic mass is 16.7. The Bertz CT molecular complexity index is 207. The lowest BCUT2D eigenvalue weighted by molar-refractivity contribution is -0.155. The predicted molar refractivity (Wildman–Crippen MR) is 50.0 cm³/mol. The highest BCUT2D eigenvalue weighted by Crippen LogP contribution is 2.09. The summed E-state index contributed by atoms with van der Waals surface area (Å²) in [6.45, 7) is 5.37. The van der Waals surface area contributed by atoms with Gasteiger partial charge in [-0.25, -0.2) is 0 Å². The van der Waals surface area contributed by atoms with E-state index in [1.165, 1.54) is 0 Å². The van der Waals surface area contributed by atoms with Crippen LogP contribution in [0.15, 0.2) is 0 Å². The minimum absolute atomic E-state index is 0.135. The van der Waals surface area contributed by atoms with Gasteiger partial charge in [-0.15, -0.1) is 0 Å². The molecule has 5 nitrogen and oxygen atoms in total. The van der Waals surface area contributed by atoms with Crippen molar-refractivity contribution < 1.29 is 19.2 Å². The highest BCUT2D eigenvalue weighted by molar-refractivity contribution is 5.72. The van der Waals surface area contributed by atoms with E-state index in [-0.39, 0.29) is 18.8 Å². The summed E-state index contributed by atoms with van der Waals surface area (Å²) in [5.74, 6) is 3.79. The lowest BCUT2D eigenvalue weighted by Crippen LogP contribution is -2.23. The number of rotatable bonds is 4. The van der Waals surface area contributed by atoms with Crippen LogP contribution in [-0.4, -0.2) is 17.5 Å². The average molecular weight is 203 g/mol. The first-order valence-corrected chi connectivity index (χ1v) is 4.46. The summed E-state index contributed by atoms with van der Waals surface area (Å²) in [4.78, 5) is 25.6. The van der Waals surface area contributed by atoms with E-state index in [4.69, 9.17) is 4.74 Å². The Kier molecular flexibility index (Phi) is 5.15. The lowest BCUT2D eigenvalue weighted by Gasteiger charge is -2.19. The molecular weight excluding hydrogens is 186 g/mol. The second-order valence-corrected chi connectivity index (χ2v) is 3.93. The number of nitrogens with two attached hydrogens (primary N) is 1. The zero-order valence-electron chi connectivity index (χ0n) is 8.83. The van der Waals surface area contributed by atoms with Gasteiger partial charge in [0.2, 0.25) is 0 Å². The van der Waals surface area contributed by atoms with Crippen molar-refractivity contribution in [2.45, 2.75) is 45.6 Å². The molecule has 0 unspecified atom stereocenters. The van der Waals surface area contributed by atoms with Crippen LogP contribution < -0.4 is 5.90 Å². The fraction of sp³-hybridized carbons (Fsp3) is 0.778. The van der Waals surface area contributed by atoms with Crippen LogP contribution in [0.1, 0.15) is 40.0 Å². The Morgan fingerprint density at radius 2 is 1.64 bits per heavy atom. The fourth-order valence-corrected chi connectivity index (χ4v) is 0.829. The van der Waals surface area contributed by atoms with E-state index in [1.54, 1.807) is 20.8 Å². The highest BCUT2D eigenvalue weighted by Gasteiger charge is 2.16. The molecule has 0 spiro atoms. The monoisotopic (exact) mass is 203 g/mol. The summed E-state index contributed by atoms with van der Waals surface area (Å²) in [7, 11) is 0. The van der Waals surface area contributed by atoms with Crippen LogP contribution in [0.4, 0.5) is 0 Å². The van der Waals surface area contributed by atoms with E-state index in [1.807, 2.05) is 0 Å². The predicted octanol–water partition coefficient (Wildman–Crippen LogP) is 0.915. The van der Waals surface area contributed by atoms with Gasteiger partial charge in [0.1, 0.15) is 5.60 Å². The molecule has 82 valence electrons. The summed E-state index contributed by atoms with van der Waals surface area (Å²) in [6, 6.07) is 0. The van der Waals surface area contributed by atoms with Gasteiger partial charge in [0, 0.05) is 12.8 Å². The minimum atomic E-state index is -0.520. The van der Waals surface area contributed by atoms with Crippen LogP contribution in [0.5, 0.6) is 0 Å². The summed E-state index contributed by atoms with van der Waals surface area (Å²) in [5.41, 5.74) is -0.481. The van der Waals surface area contributed by atoms with Crippen molar-refractivity contribution >= 4 is 11.9 Å². The van der Waals surface area contributed by atoms with Gasteiger partial charge in [0.25, 0.3) is 0 Å². The van der Waals surface area contributed by atoms with Gasteiger partial charge >= 0.3 is 11.9 Å². The quantitative estimate of drug-likeness (QED) is 0.542. The summed E-state index contributed by atoms with van der Waals surface area (Å²) in [5, 5.41) is 0. The Morgan fingerprint density at radius 1 is 1.14 bits per heavy atom. The first-order valence-electron chi connectivity index (χ1n) is 4.46. The maximum atomic E-state index is 11.1. The van der Waals surface area contributed by atoms with Crippen LogP contribution in [0.2, 0.25) is 0 Å². The van der Waals surface area contributed by atoms with Crippen LogP contribution >= 0.6 is 0 Å². The smallest absolute Gasteiger partial charge is 0.324 e. The molecule has 0 saturated heterocycles.